The fourth-order valence-electron chi connectivity index (χ4n) is 1.67. The molecular formula is C13H15Cl2F3N3O2+. The Morgan fingerprint density at radius 1 is 1.13 bits per heavy atom. The molecule has 1 aromatic carbocycles. The molecule has 0 fully saturated rings. The molecule has 0 spiro atoms. The summed E-state index contributed by atoms with van der Waals surface area (Å²) in [6.45, 7) is -1.82. The van der Waals surface area contributed by atoms with Gasteiger partial charge in [0.2, 0.25) is 0 Å². The molecule has 0 saturated heterocycles. The van der Waals surface area contributed by atoms with Gasteiger partial charge in [0, 0.05) is 0 Å². The minimum Gasteiger partial charge on any atom is -0.342 e. The summed E-state index contributed by atoms with van der Waals surface area (Å²) < 4.78 is 35.9. The molecule has 0 aliphatic heterocycles. The molecule has 0 bridgehead atoms. The van der Waals surface area contributed by atoms with Crippen molar-refractivity contribution >= 4 is 40.7 Å². The molecule has 0 aliphatic carbocycles. The highest BCUT2D eigenvalue weighted by Gasteiger charge is 2.28. The van der Waals surface area contributed by atoms with Gasteiger partial charge in [0.15, 0.2) is 13.1 Å². The van der Waals surface area contributed by atoms with E-state index in [0.29, 0.717) is 4.90 Å². The van der Waals surface area contributed by atoms with Gasteiger partial charge in [-0.15, -0.1) is 0 Å². The molecule has 23 heavy (non-hydrogen) atoms. The van der Waals surface area contributed by atoms with Crippen molar-refractivity contribution in [3.63, 3.8) is 0 Å². The minimum absolute atomic E-state index is 0.138. The largest absolute Gasteiger partial charge is 0.405 e. The second-order valence-electron chi connectivity index (χ2n) is 4.85. The van der Waals surface area contributed by atoms with Crippen LogP contribution in [0.5, 0.6) is 0 Å². The van der Waals surface area contributed by atoms with Crippen LogP contribution in [-0.2, 0) is 9.59 Å². The summed E-state index contributed by atoms with van der Waals surface area (Å²) in [5.41, 5.74) is 0.246. The summed E-state index contributed by atoms with van der Waals surface area (Å²) in [7, 11) is 1.50. The maximum absolute atomic E-state index is 12.0. The van der Waals surface area contributed by atoms with Gasteiger partial charge in [-0.3, -0.25) is 9.59 Å². The van der Waals surface area contributed by atoms with E-state index in [2.05, 4.69) is 5.32 Å². The zero-order chi connectivity index (χ0) is 17.6. The molecule has 10 heteroatoms. The van der Waals surface area contributed by atoms with Crippen molar-refractivity contribution in [2.24, 2.45) is 0 Å². The minimum atomic E-state index is -4.47. The number of hydrogen-bond donors (Lipinski definition) is 3. The number of alkyl halides is 3. The third-order valence-electron chi connectivity index (χ3n) is 2.64. The molecule has 2 amide bonds. The maximum atomic E-state index is 12.0. The van der Waals surface area contributed by atoms with Crippen molar-refractivity contribution in [3.8, 4) is 0 Å². The fourth-order valence-corrected chi connectivity index (χ4v) is 2.16. The summed E-state index contributed by atoms with van der Waals surface area (Å²) in [5.74, 6) is -1.27. The lowest BCUT2D eigenvalue weighted by Crippen LogP contribution is -3.11. The van der Waals surface area contributed by atoms with Crippen molar-refractivity contribution in [2.75, 3.05) is 32.0 Å². The number of quaternary nitrogens is 1. The Kier molecular flexibility index (Phi) is 7.11. The zero-order valence-electron chi connectivity index (χ0n) is 12.1. The lowest BCUT2D eigenvalue weighted by molar-refractivity contribution is -0.862. The molecule has 0 heterocycles. The van der Waals surface area contributed by atoms with Crippen molar-refractivity contribution in [1.82, 2.24) is 5.32 Å². The Balaban J connectivity index is 2.46. The Bertz CT molecular complexity index is 562. The van der Waals surface area contributed by atoms with Crippen LogP contribution >= 0.6 is 23.2 Å². The molecule has 0 aliphatic rings. The van der Waals surface area contributed by atoms with Gasteiger partial charge < -0.3 is 15.5 Å². The summed E-state index contributed by atoms with van der Waals surface area (Å²) >= 11 is 11.8. The van der Waals surface area contributed by atoms with E-state index in [1.165, 1.54) is 7.05 Å². The van der Waals surface area contributed by atoms with E-state index >= 15 is 0 Å². The Labute approximate surface area is 140 Å². The van der Waals surface area contributed by atoms with Crippen LogP contribution in [0.4, 0.5) is 18.9 Å². The molecule has 1 unspecified atom stereocenters. The average Bonchev–Trinajstić information content (AvgIpc) is 2.40. The first kappa shape index (κ1) is 19.5. The number of para-hydroxylation sites is 1. The Morgan fingerprint density at radius 2 is 1.65 bits per heavy atom. The summed E-state index contributed by atoms with van der Waals surface area (Å²) in [4.78, 5) is 23.6. The summed E-state index contributed by atoms with van der Waals surface area (Å²) in [6.07, 6.45) is -4.47. The molecule has 3 N–H and O–H groups in total. The van der Waals surface area contributed by atoms with Gasteiger partial charge >= 0.3 is 6.18 Å². The van der Waals surface area contributed by atoms with Gasteiger partial charge in [-0.05, 0) is 12.1 Å². The van der Waals surface area contributed by atoms with Crippen LogP contribution in [0.3, 0.4) is 0 Å². The van der Waals surface area contributed by atoms with Gasteiger partial charge in [-0.1, -0.05) is 29.3 Å². The first-order chi connectivity index (χ1) is 10.6. The van der Waals surface area contributed by atoms with Crippen LogP contribution in [0.25, 0.3) is 0 Å². The van der Waals surface area contributed by atoms with Gasteiger partial charge in [0.05, 0.1) is 22.8 Å². The van der Waals surface area contributed by atoms with E-state index in [9.17, 15) is 22.8 Å². The number of halogens is 5. The molecule has 0 radical (unpaired) electrons. The number of hydrogen-bond acceptors (Lipinski definition) is 2. The van der Waals surface area contributed by atoms with Gasteiger partial charge in [0.1, 0.15) is 6.54 Å². The number of carbonyl (C=O) groups is 2. The lowest BCUT2D eigenvalue weighted by atomic mass is 10.3. The predicted molar refractivity (Wildman–Crippen MR) is 80.8 cm³/mol. The first-order valence-electron chi connectivity index (χ1n) is 6.47. The highest BCUT2D eigenvalue weighted by atomic mass is 35.5. The average molecular weight is 373 g/mol. The standard InChI is InChI=1S/C13H14Cl2F3N3O2/c1-21(5-10(22)19-7-13(16,17)18)6-11(23)20-12-8(14)3-2-4-9(12)15/h2-4H,5-7H2,1H3,(H,19,22)(H,20,23)/p+1. The van der Waals surface area contributed by atoms with Crippen LogP contribution in [0.2, 0.25) is 10.0 Å². The summed E-state index contributed by atoms with van der Waals surface area (Å²) in [6, 6.07) is 4.71. The van der Waals surface area contributed by atoms with Crippen molar-refractivity contribution in [2.45, 2.75) is 6.18 Å². The monoisotopic (exact) mass is 372 g/mol. The molecule has 0 saturated carbocycles. The summed E-state index contributed by atoms with van der Waals surface area (Å²) in [5, 5.41) is 4.75. The third kappa shape index (κ3) is 7.54. The van der Waals surface area contributed by atoms with Crippen LogP contribution in [0.15, 0.2) is 18.2 Å². The molecule has 128 valence electrons. The van der Waals surface area contributed by atoms with Crippen molar-refractivity contribution in [1.29, 1.82) is 0 Å². The number of likely N-dealkylation sites (N-methyl/N-ethyl adjacent to an activating group) is 1. The Morgan fingerprint density at radius 3 is 2.17 bits per heavy atom. The number of anilines is 1. The quantitative estimate of drug-likeness (QED) is 0.700. The van der Waals surface area contributed by atoms with Crippen LogP contribution < -0.4 is 15.5 Å². The maximum Gasteiger partial charge on any atom is 0.405 e. The van der Waals surface area contributed by atoms with Crippen LogP contribution in [0.1, 0.15) is 0 Å². The predicted octanol–water partition coefficient (Wildman–Crippen LogP) is 1.13. The molecule has 1 aromatic rings. The Hall–Kier alpha value is -1.51. The molecule has 5 nitrogen and oxygen atoms in total. The lowest BCUT2D eigenvalue weighted by Gasteiger charge is -2.15. The molecular weight excluding hydrogens is 358 g/mol. The second kappa shape index (κ2) is 8.37. The topological polar surface area (TPSA) is 62.6 Å². The van der Waals surface area contributed by atoms with E-state index in [0.717, 1.165) is 0 Å². The molecule has 1 rings (SSSR count). The van der Waals surface area contributed by atoms with Gasteiger partial charge in [0.25, 0.3) is 11.8 Å². The van der Waals surface area contributed by atoms with Crippen molar-refractivity contribution < 1.29 is 27.7 Å². The van der Waals surface area contributed by atoms with Gasteiger partial charge in [-0.25, -0.2) is 0 Å². The smallest absolute Gasteiger partial charge is 0.342 e. The zero-order valence-corrected chi connectivity index (χ0v) is 13.6. The number of nitrogens with one attached hydrogen (secondary N) is 3. The van der Waals surface area contributed by atoms with E-state index in [1.807, 2.05) is 0 Å². The number of carbonyl (C=O) groups excluding carboxylic acids is 2. The normalized spacial score (nSPS) is 12.6. The van der Waals surface area contributed by atoms with E-state index in [1.54, 1.807) is 23.5 Å². The molecule has 1 atom stereocenters. The second-order valence-corrected chi connectivity index (χ2v) is 5.66. The number of benzene rings is 1. The van der Waals surface area contributed by atoms with Crippen LogP contribution in [0, 0.1) is 0 Å². The van der Waals surface area contributed by atoms with E-state index < -0.39 is 24.5 Å². The fraction of sp³-hybridized carbons (Fsp3) is 0.385. The first-order valence-corrected chi connectivity index (χ1v) is 7.22. The van der Waals surface area contributed by atoms with Gasteiger partial charge in [-0.2, -0.15) is 13.2 Å². The number of rotatable bonds is 6. The number of amides is 2. The third-order valence-corrected chi connectivity index (χ3v) is 3.27. The highest BCUT2D eigenvalue weighted by molar-refractivity contribution is 6.39. The highest BCUT2D eigenvalue weighted by Crippen LogP contribution is 2.29. The van der Waals surface area contributed by atoms with Crippen molar-refractivity contribution in [3.05, 3.63) is 28.2 Å². The van der Waals surface area contributed by atoms with E-state index in [4.69, 9.17) is 23.2 Å². The van der Waals surface area contributed by atoms with E-state index in [-0.39, 0.29) is 28.8 Å². The SMILES string of the molecule is C[NH+](CC(=O)NCC(F)(F)F)CC(=O)Nc1c(Cl)cccc1Cl. The van der Waals surface area contributed by atoms with Crippen LogP contribution in [-0.4, -0.2) is 44.7 Å². The molecule has 0 aromatic heterocycles.